The van der Waals surface area contributed by atoms with Crippen LogP contribution in [0.1, 0.15) is 37.9 Å². The molecule has 0 aliphatic carbocycles. The van der Waals surface area contributed by atoms with Crippen molar-refractivity contribution >= 4 is 5.96 Å². The van der Waals surface area contributed by atoms with E-state index in [1.807, 2.05) is 38.0 Å². The van der Waals surface area contributed by atoms with Crippen molar-refractivity contribution in [2.24, 2.45) is 4.99 Å². The minimum absolute atomic E-state index is 0.310. The summed E-state index contributed by atoms with van der Waals surface area (Å²) in [6.07, 6.45) is 1.68. The van der Waals surface area contributed by atoms with Crippen LogP contribution in [-0.2, 0) is 6.42 Å². The van der Waals surface area contributed by atoms with Crippen molar-refractivity contribution in [3.05, 3.63) is 11.7 Å². The first kappa shape index (κ1) is 15.5. The van der Waals surface area contributed by atoms with Crippen molar-refractivity contribution in [1.82, 2.24) is 19.9 Å². The normalized spacial score (nSPS) is 10.7. The van der Waals surface area contributed by atoms with Gasteiger partial charge in [0.2, 0.25) is 5.89 Å². The van der Waals surface area contributed by atoms with E-state index in [-0.39, 0.29) is 0 Å². The van der Waals surface area contributed by atoms with Gasteiger partial charge in [0, 0.05) is 47.1 Å². The van der Waals surface area contributed by atoms with Crippen LogP contribution in [0.15, 0.2) is 9.52 Å². The topological polar surface area (TPSA) is 57.8 Å². The Morgan fingerprint density at radius 3 is 2.32 bits per heavy atom. The molecule has 1 aromatic rings. The molecule has 6 heteroatoms. The minimum Gasteiger partial charge on any atom is -0.349 e. The summed E-state index contributed by atoms with van der Waals surface area (Å²) in [5.41, 5.74) is 0. The highest BCUT2D eigenvalue weighted by molar-refractivity contribution is 5.79. The number of guanidine groups is 1. The van der Waals surface area contributed by atoms with Gasteiger partial charge in [0.1, 0.15) is 0 Å². The maximum Gasteiger partial charge on any atom is 0.226 e. The summed E-state index contributed by atoms with van der Waals surface area (Å²) in [5.74, 6) is 2.76. The van der Waals surface area contributed by atoms with Gasteiger partial charge < -0.3 is 14.3 Å². The van der Waals surface area contributed by atoms with Crippen LogP contribution in [0, 0.1) is 0 Å². The van der Waals surface area contributed by atoms with E-state index < -0.39 is 0 Å². The Balaban J connectivity index is 2.43. The van der Waals surface area contributed by atoms with E-state index in [0.717, 1.165) is 31.2 Å². The smallest absolute Gasteiger partial charge is 0.226 e. The van der Waals surface area contributed by atoms with Crippen molar-refractivity contribution in [1.29, 1.82) is 0 Å². The second-order valence-corrected chi connectivity index (χ2v) is 5.28. The third-order valence-corrected chi connectivity index (χ3v) is 2.60. The second-order valence-electron chi connectivity index (χ2n) is 5.28. The number of aliphatic imine (C=N–C) groups is 1. The third kappa shape index (κ3) is 4.89. The summed E-state index contributed by atoms with van der Waals surface area (Å²) in [6.45, 7) is 4.86. The molecule has 0 amide bonds. The fraction of sp³-hybridized carbons (Fsp3) is 0.769. The highest BCUT2D eigenvalue weighted by Gasteiger charge is 2.09. The number of aromatic nitrogens is 2. The molecule has 0 N–H and O–H groups in total. The lowest BCUT2D eigenvalue weighted by molar-refractivity contribution is 0.369. The van der Waals surface area contributed by atoms with E-state index in [9.17, 15) is 0 Å². The number of aryl methyl sites for hydroxylation is 1. The summed E-state index contributed by atoms with van der Waals surface area (Å²) in [5, 5.41) is 3.95. The van der Waals surface area contributed by atoms with Gasteiger partial charge in [0.25, 0.3) is 0 Å². The SMILES string of the molecule is CC(C)c1noc(CCCN=C(N(C)C)N(C)C)n1. The highest BCUT2D eigenvalue weighted by atomic mass is 16.5. The summed E-state index contributed by atoms with van der Waals surface area (Å²) in [4.78, 5) is 12.9. The number of rotatable bonds is 5. The molecule has 0 saturated carbocycles. The summed E-state index contributed by atoms with van der Waals surface area (Å²) < 4.78 is 5.20. The number of hydrogen-bond donors (Lipinski definition) is 0. The molecule has 0 radical (unpaired) electrons. The number of hydrogen-bond acceptors (Lipinski definition) is 4. The van der Waals surface area contributed by atoms with Gasteiger partial charge in [0.05, 0.1) is 0 Å². The molecular weight excluding hydrogens is 242 g/mol. The molecule has 0 aromatic carbocycles. The van der Waals surface area contributed by atoms with Gasteiger partial charge in [-0.05, 0) is 6.42 Å². The molecule has 1 rings (SSSR count). The molecule has 19 heavy (non-hydrogen) atoms. The Bertz CT molecular complexity index is 399. The van der Waals surface area contributed by atoms with Crippen LogP contribution in [0.2, 0.25) is 0 Å². The quantitative estimate of drug-likeness (QED) is 0.461. The van der Waals surface area contributed by atoms with Gasteiger partial charge >= 0.3 is 0 Å². The van der Waals surface area contributed by atoms with Crippen LogP contribution >= 0.6 is 0 Å². The molecule has 0 fully saturated rings. The first-order valence-electron chi connectivity index (χ1n) is 6.63. The third-order valence-electron chi connectivity index (χ3n) is 2.60. The Kier molecular flexibility index (Phi) is 5.79. The maximum atomic E-state index is 5.20. The van der Waals surface area contributed by atoms with Crippen molar-refractivity contribution < 1.29 is 4.52 Å². The van der Waals surface area contributed by atoms with E-state index in [4.69, 9.17) is 4.52 Å². The Morgan fingerprint density at radius 1 is 1.21 bits per heavy atom. The Morgan fingerprint density at radius 2 is 1.84 bits per heavy atom. The van der Waals surface area contributed by atoms with Gasteiger partial charge in [-0.1, -0.05) is 19.0 Å². The van der Waals surface area contributed by atoms with Crippen LogP contribution < -0.4 is 0 Å². The van der Waals surface area contributed by atoms with Gasteiger partial charge in [-0.3, -0.25) is 4.99 Å². The first-order valence-corrected chi connectivity index (χ1v) is 6.63. The van der Waals surface area contributed by atoms with E-state index >= 15 is 0 Å². The lowest BCUT2D eigenvalue weighted by Gasteiger charge is -2.22. The van der Waals surface area contributed by atoms with Crippen molar-refractivity contribution in [2.45, 2.75) is 32.6 Å². The number of nitrogens with zero attached hydrogens (tertiary/aromatic N) is 5. The minimum atomic E-state index is 0.310. The van der Waals surface area contributed by atoms with Crippen LogP contribution in [0.4, 0.5) is 0 Å². The Hall–Kier alpha value is -1.59. The fourth-order valence-electron chi connectivity index (χ4n) is 1.70. The summed E-state index contributed by atoms with van der Waals surface area (Å²) in [6, 6.07) is 0. The zero-order valence-electron chi connectivity index (χ0n) is 12.8. The van der Waals surface area contributed by atoms with E-state index in [1.165, 1.54) is 0 Å². The summed E-state index contributed by atoms with van der Waals surface area (Å²) in [7, 11) is 7.97. The maximum absolute atomic E-state index is 5.20. The molecule has 0 atom stereocenters. The largest absolute Gasteiger partial charge is 0.349 e. The average molecular weight is 267 g/mol. The molecule has 0 aliphatic rings. The van der Waals surface area contributed by atoms with Crippen LogP contribution in [0.25, 0.3) is 0 Å². The molecule has 1 heterocycles. The lowest BCUT2D eigenvalue weighted by atomic mass is 10.2. The first-order chi connectivity index (χ1) is 8.91. The molecular formula is C13H25N5O. The van der Waals surface area contributed by atoms with Crippen LogP contribution in [0.5, 0.6) is 0 Å². The standard InChI is InChI=1S/C13H25N5O/c1-10(2)12-15-11(19-16-12)8-7-9-14-13(17(3)4)18(5)6/h10H,7-9H2,1-6H3. The molecule has 0 bridgehead atoms. The van der Waals surface area contributed by atoms with Crippen molar-refractivity contribution in [3.8, 4) is 0 Å². The average Bonchev–Trinajstić information content (AvgIpc) is 2.76. The predicted molar refractivity (Wildman–Crippen MR) is 76.4 cm³/mol. The molecule has 0 unspecified atom stereocenters. The van der Waals surface area contributed by atoms with Crippen molar-refractivity contribution in [2.75, 3.05) is 34.7 Å². The zero-order valence-corrected chi connectivity index (χ0v) is 12.8. The fourth-order valence-corrected chi connectivity index (χ4v) is 1.70. The molecule has 1 aromatic heterocycles. The van der Waals surface area contributed by atoms with Gasteiger partial charge in [-0.2, -0.15) is 4.98 Å². The molecule has 0 saturated heterocycles. The van der Waals surface area contributed by atoms with E-state index in [1.54, 1.807) is 0 Å². The molecule has 0 aliphatic heterocycles. The van der Waals surface area contributed by atoms with E-state index in [0.29, 0.717) is 11.8 Å². The van der Waals surface area contributed by atoms with E-state index in [2.05, 4.69) is 29.0 Å². The zero-order chi connectivity index (χ0) is 14.4. The van der Waals surface area contributed by atoms with Gasteiger partial charge in [0.15, 0.2) is 11.8 Å². The molecule has 6 nitrogen and oxygen atoms in total. The van der Waals surface area contributed by atoms with Crippen LogP contribution in [0.3, 0.4) is 0 Å². The predicted octanol–water partition coefficient (Wildman–Crippen LogP) is 1.60. The molecule has 0 spiro atoms. The van der Waals surface area contributed by atoms with Crippen molar-refractivity contribution in [3.63, 3.8) is 0 Å². The molecule has 108 valence electrons. The van der Waals surface area contributed by atoms with Gasteiger partial charge in [-0.15, -0.1) is 0 Å². The monoisotopic (exact) mass is 267 g/mol. The second kappa shape index (κ2) is 7.11. The lowest BCUT2D eigenvalue weighted by Crippen LogP contribution is -2.35. The van der Waals surface area contributed by atoms with Gasteiger partial charge in [-0.25, -0.2) is 0 Å². The Labute approximate surface area is 115 Å². The van der Waals surface area contributed by atoms with Crippen LogP contribution in [-0.4, -0.2) is 60.6 Å². The summed E-state index contributed by atoms with van der Waals surface area (Å²) >= 11 is 0. The highest BCUT2D eigenvalue weighted by Crippen LogP contribution is 2.10.